The zero-order chi connectivity index (χ0) is 13.0. The maximum absolute atomic E-state index is 6.00. The summed E-state index contributed by atoms with van der Waals surface area (Å²) in [6.07, 6.45) is 1.72. The van der Waals surface area contributed by atoms with E-state index in [-0.39, 0.29) is 0 Å². The predicted molar refractivity (Wildman–Crippen MR) is 71.1 cm³/mol. The van der Waals surface area contributed by atoms with Gasteiger partial charge in [-0.05, 0) is 38.1 Å². The van der Waals surface area contributed by atoms with Crippen LogP contribution in [0.25, 0.3) is 0 Å². The summed E-state index contributed by atoms with van der Waals surface area (Å²) in [5.74, 6) is 1.91. The Morgan fingerprint density at radius 3 is 2.56 bits per heavy atom. The van der Waals surface area contributed by atoms with Gasteiger partial charge in [0.25, 0.3) is 0 Å². The third-order valence-corrected chi connectivity index (χ3v) is 2.50. The van der Waals surface area contributed by atoms with Crippen molar-refractivity contribution < 1.29 is 9.47 Å². The third kappa shape index (κ3) is 2.53. The van der Waals surface area contributed by atoms with E-state index in [1.165, 1.54) is 0 Å². The molecule has 0 atom stereocenters. The number of para-hydroxylation sites is 1. The van der Waals surface area contributed by atoms with Crippen molar-refractivity contribution in [3.05, 3.63) is 42.2 Å². The molecule has 0 bridgehead atoms. The number of nitrogens with two attached hydrogens (primary N) is 1. The Balaban J connectivity index is 2.30. The Morgan fingerprint density at radius 2 is 1.83 bits per heavy atom. The molecule has 0 saturated heterocycles. The van der Waals surface area contributed by atoms with E-state index in [4.69, 9.17) is 15.2 Å². The van der Waals surface area contributed by atoms with E-state index in [1.54, 1.807) is 6.20 Å². The number of aryl methyl sites for hydroxylation is 1. The molecule has 4 heteroatoms. The molecular weight excluding hydrogens is 228 g/mol. The number of pyridine rings is 1. The van der Waals surface area contributed by atoms with Gasteiger partial charge in [-0.25, -0.2) is 0 Å². The first-order valence-electron chi connectivity index (χ1n) is 5.83. The lowest BCUT2D eigenvalue weighted by molar-refractivity contribution is 0.340. The van der Waals surface area contributed by atoms with Crippen molar-refractivity contribution in [2.24, 2.45) is 0 Å². The van der Waals surface area contributed by atoms with Crippen molar-refractivity contribution in [2.45, 2.75) is 13.8 Å². The topological polar surface area (TPSA) is 57.4 Å². The van der Waals surface area contributed by atoms with E-state index < -0.39 is 0 Å². The summed E-state index contributed by atoms with van der Waals surface area (Å²) in [4.78, 5) is 4.17. The largest absolute Gasteiger partial charge is 0.492 e. The molecule has 2 aromatic rings. The highest BCUT2D eigenvalue weighted by molar-refractivity contribution is 5.63. The van der Waals surface area contributed by atoms with Gasteiger partial charge in [0, 0.05) is 6.20 Å². The molecule has 0 saturated carbocycles. The molecule has 2 N–H and O–H groups in total. The second kappa shape index (κ2) is 5.40. The van der Waals surface area contributed by atoms with Crippen LogP contribution in [0, 0.1) is 6.92 Å². The van der Waals surface area contributed by atoms with E-state index in [0.717, 1.165) is 5.69 Å². The summed E-state index contributed by atoms with van der Waals surface area (Å²) in [5, 5.41) is 0. The molecule has 4 nitrogen and oxygen atoms in total. The average molecular weight is 244 g/mol. The van der Waals surface area contributed by atoms with Crippen molar-refractivity contribution in [3.8, 4) is 17.2 Å². The van der Waals surface area contributed by atoms with Crippen LogP contribution >= 0.6 is 0 Å². The standard InChI is InChI=1S/C14H16N2O2/c1-3-17-12-6-4-7-13(14(12)15)18-11-8-5-9-16-10(11)2/h4-9H,3,15H2,1-2H3. The highest BCUT2D eigenvalue weighted by Crippen LogP contribution is 2.34. The van der Waals surface area contributed by atoms with E-state index in [2.05, 4.69) is 4.98 Å². The van der Waals surface area contributed by atoms with Crippen LogP contribution in [-0.2, 0) is 0 Å². The van der Waals surface area contributed by atoms with Gasteiger partial charge in [-0.1, -0.05) is 6.07 Å². The second-order valence-corrected chi connectivity index (χ2v) is 3.79. The molecule has 0 amide bonds. The number of nitrogens with zero attached hydrogens (tertiary/aromatic N) is 1. The smallest absolute Gasteiger partial charge is 0.154 e. The molecule has 0 aliphatic carbocycles. The monoisotopic (exact) mass is 244 g/mol. The minimum atomic E-state index is 0.502. The van der Waals surface area contributed by atoms with E-state index in [0.29, 0.717) is 29.5 Å². The summed E-state index contributed by atoms with van der Waals surface area (Å²) < 4.78 is 11.2. The van der Waals surface area contributed by atoms with Gasteiger partial charge in [0.1, 0.15) is 17.2 Å². The van der Waals surface area contributed by atoms with Crippen LogP contribution in [0.15, 0.2) is 36.5 Å². The number of aromatic nitrogens is 1. The molecular formula is C14H16N2O2. The first-order valence-corrected chi connectivity index (χ1v) is 5.83. The normalized spacial score (nSPS) is 10.1. The summed E-state index contributed by atoms with van der Waals surface area (Å²) in [5.41, 5.74) is 7.32. The maximum Gasteiger partial charge on any atom is 0.154 e. The van der Waals surface area contributed by atoms with Crippen LogP contribution in [-0.4, -0.2) is 11.6 Å². The lowest BCUT2D eigenvalue weighted by Gasteiger charge is -2.13. The van der Waals surface area contributed by atoms with Crippen LogP contribution in [0.5, 0.6) is 17.2 Å². The summed E-state index contributed by atoms with van der Waals surface area (Å²) in [6.45, 7) is 4.37. The fourth-order valence-corrected chi connectivity index (χ4v) is 1.59. The maximum atomic E-state index is 6.00. The zero-order valence-electron chi connectivity index (χ0n) is 10.5. The average Bonchev–Trinajstić information content (AvgIpc) is 2.37. The van der Waals surface area contributed by atoms with Gasteiger partial charge in [0.05, 0.1) is 12.3 Å². The fourth-order valence-electron chi connectivity index (χ4n) is 1.59. The molecule has 18 heavy (non-hydrogen) atoms. The van der Waals surface area contributed by atoms with Gasteiger partial charge in [0.15, 0.2) is 5.75 Å². The second-order valence-electron chi connectivity index (χ2n) is 3.79. The Morgan fingerprint density at radius 1 is 1.11 bits per heavy atom. The molecule has 1 aromatic heterocycles. The van der Waals surface area contributed by atoms with Crippen molar-refractivity contribution in [1.29, 1.82) is 0 Å². The summed E-state index contributed by atoms with van der Waals surface area (Å²) in [6, 6.07) is 9.16. The van der Waals surface area contributed by atoms with Gasteiger partial charge < -0.3 is 15.2 Å². The number of nitrogen functional groups attached to an aromatic ring is 1. The molecule has 2 rings (SSSR count). The van der Waals surface area contributed by atoms with Crippen LogP contribution in [0.1, 0.15) is 12.6 Å². The van der Waals surface area contributed by atoms with Crippen molar-refractivity contribution in [3.63, 3.8) is 0 Å². The number of ether oxygens (including phenoxy) is 2. The predicted octanol–water partition coefficient (Wildman–Crippen LogP) is 3.16. The molecule has 1 heterocycles. The number of hydrogen-bond acceptors (Lipinski definition) is 4. The van der Waals surface area contributed by atoms with Gasteiger partial charge >= 0.3 is 0 Å². The van der Waals surface area contributed by atoms with E-state index >= 15 is 0 Å². The Labute approximate surface area is 106 Å². The SMILES string of the molecule is CCOc1cccc(Oc2cccnc2C)c1N. The molecule has 0 radical (unpaired) electrons. The summed E-state index contributed by atoms with van der Waals surface area (Å²) >= 11 is 0. The van der Waals surface area contributed by atoms with Gasteiger partial charge in [0.2, 0.25) is 0 Å². The van der Waals surface area contributed by atoms with E-state index in [1.807, 2.05) is 44.2 Å². The number of benzene rings is 1. The molecule has 0 unspecified atom stereocenters. The molecule has 0 spiro atoms. The molecule has 0 fully saturated rings. The number of hydrogen-bond donors (Lipinski definition) is 1. The Kier molecular flexibility index (Phi) is 3.67. The quantitative estimate of drug-likeness (QED) is 0.839. The highest BCUT2D eigenvalue weighted by Gasteiger charge is 2.09. The van der Waals surface area contributed by atoms with Crippen LogP contribution in [0.4, 0.5) is 5.69 Å². The number of anilines is 1. The minimum absolute atomic E-state index is 0.502. The van der Waals surface area contributed by atoms with Crippen molar-refractivity contribution >= 4 is 5.69 Å². The van der Waals surface area contributed by atoms with Crippen LogP contribution in [0.3, 0.4) is 0 Å². The highest BCUT2D eigenvalue weighted by atomic mass is 16.5. The number of rotatable bonds is 4. The van der Waals surface area contributed by atoms with Crippen LogP contribution < -0.4 is 15.2 Å². The molecule has 0 aliphatic rings. The lowest BCUT2D eigenvalue weighted by atomic mass is 10.2. The lowest BCUT2D eigenvalue weighted by Crippen LogP contribution is -1.99. The van der Waals surface area contributed by atoms with Crippen LogP contribution in [0.2, 0.25) is 0 Å². The summed E-state index contributed by atoms with van der Waals surface area (Å²) in [7, 11) is 0. The third-order valence-electron chi connectivity index (χ3n) is 2.50. The van der Waals surface area contributed by atoms with Gasteiger partial charge in [-0.3, -0.25) is 4.98 Å². The first-order chi connectivity index (χ1) is 8.72. The van der Waals surface area contributed by atoms with Gasteiger partial charge in [-0.2, -0.15) is 0 Å². The Bertz CT molecular complexity index is 541. The first kappa shape index (κ1) is 12.2. The van der Waals surface area contributed by atoms with E-state index in [9.17, 15) is 0 Å². The molecule has 1 aromatic carbocycles. The molecule has 94 valence electrons. The fraction of sp³-hybridized carbons (Fsp3) is 0.214. The van der Waals surface area contributed by atoms with Gasteiger partial charge in [-0.15, -0.1) is 0 Å². The minimum Gasteiger partial charge on any atom is -0.492 e. The Hall–Kier alpha value is -2.23. The molecule has 0 aliphatic heterocycles. The zero-order valence-corrected chi connectivity index (χ0v) is 10.5. The van der Waals surface area contributed by atoms with Crippen molar-refractivity contribution in [1.82, 2.24) is 4.98 Å². The van der Waals surface area contributed by atoms with Crippen molar-refractivity contribution in [2.75, 3.05) is 12.3 Å².